The van der Waals surface area contributed by atoms with Crippen molar-refractivity contribution in [3.63, 3.8) is 0 Å². The molecular weight excluding hydrogens is 432 g/mol. The van der Waals surface area contributed by atoms with Gasteiger partial charge in [0.2, 0.25) is 10.0 Å². The van der Waals surface area contributed by atoms with Gasteiger partial charge in [-0.1, -0.05) is 54.9 Å². The summed E-state index contributed by atoms with van der Waals surface area (Å²) in [5, 5.41) is 3.46. The lowest BCUT2D eigenvalue weighted by atomic mass is 10.0. The molecule has 0 spiro atoms. The van der Waals surface area contributed by atoms with E-state index in [4.69, 9.17) is 11.6 Å². The third-order valence-electron chi connectivity index (χ3n) is 5.02. The molecule has 0 aliphatic rings. The van der Waals surface area contributed by atoms with E-state index >= 15 is 0 Å². The predicted octanol–water partition coefficient (Wildman–Crippen LogP) is 5.43. The maximum absolute atomic E-state index is 12.8. The number of amides is 1. The van der Waals surface area contributed by atoms with Crippen molar-refractivity contribution >= 4 is 38.9 Å². The highest BCUT2D eigenvalue weighted by atomic mass is 35.5. The smallest absolute Gasteiger partial charge is 0.255 e. The molecule has 0 saturated heterocycles. The number of nitrogens with zero attached hydrogens (tertiary/aromatic N) is 1. The first-order valence-electron chi connectivity index (χ1n) is 9.91. The predicted molar refractivity (Wildman–Crippen MR) is 127 cm³/mol. The summed E-state index contributed by atoms with van der Waals surface area (Å²) in [5.41, 5.74) is 4.67. The highest BCUT2D eigenvalue weighted by molar-refractivity contribution is 7.92. The second-order valence-electron chi connectivity index (χ2n) is 7.36. The van der Waals surface area contributed by atoms with Crippen molar-refractivity contribution in [1.29, 1.82) is 0 Å². The third kappa shape index (κ3) is 5.66. The lowest BCUT2D eigenvalue weighted by Crippen LogP contribution is -2.29. The van der Waals surface area contributed by atoms with Crippen LogP contribution in [0.15, 0.2) is 66.7 Å². The first-order chi connectivity index (χ1) is 14.7. The van der Waals surface area contributed by atoms with Crippen molar-refractivity contribution in [2.24, 2.45) is 0 Å². The van der Waals surface area contributed by atoms with Crippen LogP contribution in [0.4, 0.5) is 11.4 Å². The molecule has 0 unspecified atom stereocenters. The lowest BCUT2D eigenvalue weighted by Gasteiger charge is -2.23. The Labute approximate surface area is 188 Å². The number of benzene rings is 3. The van der Waals surface area contributed by atoms with E-state index < -0.39 is 10.0 Å². The zero-order valence-electron chi connectivity index (χ0n) is 17.7. The average molecular weight is 457 g/mol. The summed E-state index contributed by atoms with van der Waals surface area (Å²) in [6.45, 7) is 4.15. The number of sulfonamides is 1. The van der Waals surface area contributed by atoms with Crippen molar-refractivity contribution < 1.29 is 13.2 Å². The quantitative estimate of drug-likeness (QED) is 0.515. The van der Waals surface area contributed by atoms with Crippen LogP contribution >= 0.6 is 11.6 Å². The molecule has 0 aromatic heterocycles. The van der Waals surface area contributed by atoms with Crippen LogP contribution in [0.2, 0.25) is 5.02 Å². The summed E-state index contributed by atoms with van der Waals surface area (Å²) in [6, 6.07) is 19.6. The number of para-hydroxylation sites is 1. The van der Waals surface area contributed by atoms with Crippen molar-refractivity contribution in [3.05, 3.63) is 94.0 Å². The number of aryl methyl sites for hydroxylation is 2. The van der Waals surface area contributed by atoms with Gasteiger partial charge in [-0.15, -0.1) is 0 Å². The third-order valence-corrected chi connectivity index (χ3v) is 6.39. The van der Waals surface area contributed by atoms with E-state index in [-0.39, 0.29) is 12.5 Å². The number of carbonyl (C=O) groups excluding carboxylic acids is 1. The summed E-state index contributed by atoms with van der Waals surface area (Å²) >= 11 is 6.03. The fourth-order valence-corrected chi connectivity index (χ4v) is 4.41. The van der Waals surface area contributed by atoms with Gasteiger partial charge in [0.25, 0.3) is 5.91 Å². The van der Waals surface area contributed by atoms with E-state index in [1.165, 1.54) is 4.31 Å². The van der Waals surface area contributed by atoms with Crippen molar-refractivity contribution in [2.75, 3.05) is 15.9 Å². The highest BCUT2D eigenvalue weighted by Gasteiger charge is 2.18. The minimum atomic E-state index is -3.52. The standard InChI is InChI=1S/C24H25ClN2O3S/c1-4-19-8-5-7-17(2)23(19)26-24(28)20-13-11-18(12-14-20)16-27(31(3,29)30)22-10-6-9-21(25)15-22/h5-15H,4,16H2,1-3H3,(H,26,28). The molecule has 0 saturated carbocycles. The molecule has 0 heterocycles. The van der Waals surface area contributed by atoms with Gasteiger partial charge in [0.15, 0.2) is 0 Å². The molecule has 0 radical (unpaired) electrons. The maximum atomic E-state index is 12.8. The first-order valence-corrected chi connectivity index (χ1v) is 12.1. The van der Waals surface area contributed by atoms with Crippen LogP contribution in [0.25, 0.3) is 0 Å². The molecule has 0 fully saturated rings. The van der Waals surface area contributed by atoms with Crippen molar-refractivity contribution in [2.45, 2.75) is 26.8 Å². The zero-order chi connectivity index (χ0) is 22.6. The van der Waals surface area contributed by atoms with Crippen molar-refractivity contribution in [1.82, 2.24) is 0 Å². The molecule has 0 bridgehead atoms. The lowest BCUT2D eigenvalue weighted by molar-refractivity contribution is 0.102. The summed E-state index contributed by atoms with van der Waals surface area (Å²) in [6.07, 6.45) is 1.98. The molecule has 162 valence electrons. The van der Waals surface area contributed by atoms with Gasteiger partial charge in [-0.2, -0.15) is 0 Å². The highest BCUT2D eigenvalue weighted by Crippen LogP contribution is 2.25. The molecule has 31 heavy (non-hydrogen) atoms. The Bertz CT molecular complexity index is 1190. The van der Waals surface area contributed by atoms with Crippen LogP contribution in [-0.4, -0.2) is 20.6 Å². The Hall–Kier alpha value is -2.83. The number of nitrogens with one attached hydrogen (secondary N) is 1. The van der Waals surface area contributed by atoms with Gasteiger partial charge < -0.3 is 5.32 Å². The fraction of sp³-hybridized carbons (Fsp3) is 0.208. The minimum Gasteiger partial charge on any atom is -0.321 e. The fourth-order valence-electron chi connectivity index (χ4n) is 3.35. The van der Waals surface area contributed by atoms with Gasteiger partial charge in [0, 0.05) is 16.3 Å². The Balaban J connectivity index is 1.80. The van der Waals surface area contributed by atoms with E-state index in [0.717, 1.165) is 35.1 Å². The Morgan fingerprint density at radius 2 is 1.71 bits per heavy atom. The molecule has 1 N–H and O–H groups in total. The van der Waals surface area contributed by atoms with E-state index in [9.17, 15) is 13.2 Å². The second-order valence-corrected chi connectivity index (χ2v) is 9.71. The normalized spacial score (nSPS) is 11.2. The van der Waals surface area contributed by atoms with Gasteiger partial charge in [-0.3, -0.25) is 9.10 Å². The van der Waals surface area contributed by atoms with Crippen LogP contribution in [0.5, 0.6) is 0 Å². The number of carbonyl (C=O) groups is 1. The van der Waals surface area contributed by atoms with E-state index in [2.05, 4.69) is 5.32 Å². The molecule has 7 heteroatoms. The van der Waals surface area contributed by atoms with Crippen LogP contribution in [0, 0.1) is 6.92 Å². The van der Waals surface area contributed by atoms with E-state index in [0.29, 0.717) is 16.3 Å². The molecule has 0 aliphatic heterocycles. The minimum absolute atomic E-state index is 0.138. The summed E-state index contributed by atoms with van der Waals surface area (Å²) < 4.78 is 26.0. The Kier molecular flexibility index (Phi) is 7.03. The number of anilines is 2. The number of rotatable bonds is 7. The second kappa shape index (κ2) is 9.54. The van der Waals surface area contributed by atoms with E-state index in [1.54, 1.807) is 48.5 Å². The first kappa shape index (κ1) is 22.8. The maximum Gasteiger partial charge on any atom is 0.255 e. The molecular formula is C24H25ClN2O3S. The molecule has 3 aromatic carbocycles. The van der Waals surface area contributed by atoms with Crippen LogP contribution < -0.4 is 9.62 Å². The van der Waals surface area contributed by atoms with Gasteiger partial charge in [-0.05, 0) is 60.4 Å². The molecule has 3 rings (SSSR count). The number of hydrogen-bond donors (Lipinski definition) is 1. The van der Waals surface area contributed by atoms with Gasteiger partial charge in [0.1, 0.15) is 0 Å². The van der Waals surface area contributed by atoms with Crippen LogP contribution in [0.1, 0.15) is 34.0 Å². The van der Waals surface area contributed by atoms with Gasteiger partial charge >= 0.3 is 0 Å². The molecule has 0 aliphatic carbocycles. The van der Waals surface area contributed by atoms with Crippen LogP contribution in [0.3, 0.4) is 0 Å². The van der Waals surface area contributed by atoms with Gasteiger partial charge in [-0.25, -0.2) is 8.42 Å². The molecule has 1 amide bonds. The summed E-state index contributed by atoms with van der Waals surface area (Å²) in [5.74, 6) is -0.203. The summed E-state index contributed by atoms with van der Waals surface area (Å²) in [4.78, 5) is 12.8. The Morgan fingerprint density at radius 3 is 2.32 bits per heavy atom. The zero-order valence-corrected chi connectivity index (χ0v) is 19.3. The topological polar surface area (TPSA) is 66.5 Å². The largest absolute Gasteiger partial charge is 0.321 e. The summed E-state index contributed by atoms with van der Waals surface area (Å²) in [7, 11) is -3.52. The van der Waals surface area contributed by atoms with Crippen molar-refractivity contribution in [3.8, 4) is 0 Å². The number of hydrogen-bond acceptors (Lipinski definition) is 3. The molecule has 5 nitrogen and oxygen atoms in total. The molecule has 3 aromatic rings. The van der Waals surface area contributed by atoms with E-state index in [1.807, 2.05) is 32.0 Å². The average Bonchev–Trinajstić information content (AvgIpc) is 2.73. The van der Waals surface area contributed by atoms with Crippen LogP contribution in [-0.2, 0) is 23.0 Å². The Morgan fingerprint density at radius 1 is 1.03 bits per heavy atom. The SMILES string of the molecule is CCc1cccc(C)c1NC(=O)c1ccc(CN(c2cccc(Cl)c2)S(C)(=O)=O)cc1. The van der Waals surface area contributed by atoms with Gasteiger partial charge in [0.05, 0.1) is 18.5 Å². The molecule has 0 atom stereocenters. The monoisotopic (exact) mass is 456 g/mol. The number of halogens is 1.